The average molecular weight is 320 g/mol. The first-order valence-corrected chi connectivity index (χ1v) is 7.28. The van der Waals surface area contributed by atoms with E-state index < -0.39 is 0 Å². The van der Waals surface area contributed by atoms with Crippen LogP contribution in [0.4, 0.5) is 11.5 Å². The van der Waals surface area contributed by atoms with E-state index in [2.05, 4.69) is 26.3 Å². The molecule has 0 bridgehead atoms. The van der Waals surface area contributed by atoms with Gasteiger partial charge in [0.05, 0.1) is 29.6 Å². The molecule has 0 atom stereocenters. The summed E-state index contributed by atoms with van der Waals surface area (Å²) < 4.78 is 1.55. The highest BCUT2D eigenvalue weighted by atomic mass is 15.1. The molecule has 0 saturated heterocycles. The number of benzene rings is 1. The van der Waals surface area contributed by atoms with Crippen molar-refractivity contribution >= 4 is 22.7 Å². The highest BCUT2D eigenvalue weighted by Gasteiger charge is 2.11. The van der Waals surface area contributed by atoms with Gasteiger partial charge in [0, 0.05) is 12.7 Å². The minimum Gasteiger partial charge on any atom is -0.382 e. The van der Waals surface area contributed by atoms with Gasteiger partial charge in [-0.15, -0.1) is 0 Å². The summed E-state index contributed by atoms with van der Waals surface area (Å²) in [7, 11) is 1.71. The average Bonchev–Trinajstić information content (AvgIpc) is 2.59. The summed E-state index contributed by atoms with van der Waals surface area (Å²) >= 11 is 0. The van der Waals surface area contributed by atoms with E-state index >= 15 is 0 Å². The Balaban J connectivity index is 1.93. The van der Waals surface area contributed by atoms with Crippen LogP contribution < -0.4 is 16.7 Å². The minimum absolute atomic E-state index is 0.0390. The number of fused-ring (bicyclic) bond motifs is 1. The number of anilines is 2. The van der Waals surface area contributed by atoms with Crippen LogP contribution in [-0.4, -0.2) is 19.5 Å². The van der Waals surface area contributed by atoms with Gasteiger partial charge in [-0.2, -0.15) is 10.2 Å². The highest BCUT2D eigenvalue weighted by molar-refractivity contribution is 5.81. The van der Waals surface area contributed by atoms with E-state index in [1.165, 1.54) is 0 Å². The quantitative estimate of drug-likeness (QED) is 0.665. The van der Waals surface area contributed by atoms with Crippen LogP contribution in [0, 0.1) is 23.7 Å². The topological polar surface area (TPSA) is 129 Å². The molecular weight excluding hydrogens is 304 g/mol. The summed E-state index contributed by atoms with van der Waals surface area (Å²) in [4.78, 5) is 13.0. The number of nitriles is 1. The predicted octanol–water partition coefficient (Wildman–Crippen LogP) is 1.22. The van der Waals surface area contributed by atoms with Gasteiger partial charge in [-0.05, 0) is 31.2 Å². The summed E-state index contributed by atoms with van der Waals surface area (Å²) in [6, 6.07) is 9.26. The monoisotopic (exact) mass is 320 g/mol. The summed E-state index contributed by atoms with van der Waals surface area (Å²) in [6.45, 7) is 2.33. The van der Waals surface area contributed by atoms with Crippen LogP contribution in [0.15, 0.2) is 24.3 Å². The lowest BCUT2D eigenvalue weighted by Crippen LogP contribution is -2.24. The summed E-state index contributed by atoms with van der Waals surface area (Å²) in [5.41, 5.74) is 9.94. The number of nitrogens with zero attached hydrogens (tertiary/aromatic N) is 5. The lowest BCUT2D eigenvalue weighted by molar-refractivity contribution is 0.782. The summed E-state index contributed by atoms with van der Waals surface area (Å²) in [5, 5.41) is 19.8. The van der Waals surface area contributed by atoms with Crippen molar-refractivity contribution in [2.45, 2.75) is 13.5 Å². The number of aromatic nitrogens is 4. The molecule has 2 heterocycles. The Hall–Kier alpha value is -3.47. The smallest absolute Gasteiger partial charge is 0.225 e. The molecule has 0 amide bonds. The number of rotatable bonds is 3. The van der Waals surface area contributed by atoms with E-state index in [1.54, 1.807) is 23.7 Å². The van der Waals surface area contributed by atoms with Crippen molar-refractivity contribution in [1.82, 2.24) is 19.5 Å². The van der Waals surface area contributed by atoms with Crippen LogP contribution in [0.25, 0.3) is 11.2 Å². The van der Waals surface area contributed by atoms with Crippen LogP contribution in [-0.2, 0) is 13.6 Å². The van der Waals surface area contributed by atoms with Crippen molar-refractivity contribution in [3.05, 3.63) is 46.8 Å². The summed E-state index contributed by atoms with van der Waals surface area (Å²) in [5.74, 6) is 0.195. The van der Waals surface area contributed by atoms with Crippen LogP contribution in [0.5, 0.6) is 0 Å². The van der Waals surface area contributed by atoms with Crippen LogP contribution in [0.1, 0.15) is 17.0 Å². The maximum atomic E-state index is 8.82. The molecule has 0 unspecified atom stereocenters. The number of hydrogen-bond donors (Lipinski definition) is 3. The normalized spacial score (nSPS) is 10.5. The fraction of sp³-hybridized carbons (Fsp3) is 0.188. The third kappa shape index (κ3) is 2.75. The molecule has 0 aliphatic rings. The van der Waals surface area contributed by atoms with Crippen LogP contribution >= 0.6 is 0 Å². The molecule has 0 aliphatic carbocycles. The van der Waals surface area contributed by atoms with Crippen molar-refractivity contribution in [2.75, 3.05) is 11.1 Å². The molecule has 4 N–H and O–H groups in total. The highest BCUT2D eigenvalue weighted by Crippen LogP contribution is 2.16. The van der Waals surface area contributed by atoms with E-state index in [0.717, 1.165) is 17.1 Å². The van der Waals surface area contributed by atoms with Gasteiger partial charge < -0.3 is 11.1 Å². The molecule has 3 aromatic rings. The van der Waals surface area contributed by atoms with Crippen molar-refractivity contribution in [3.8, 4) is 6.07 Å². The van der Waals surface area contributed by atoms with Crippen LogP contribution in [0.3, 0.4) is 0 Å². The molecule has 0 fully saturated rings. The van der Waals surface area contributed by atoms with E-state index in [0.29, 0.717) is 23.3 Å². The number of nitrogen functional groups attached to an aromatic ring is 1. The molecule has 8 nitrogen and oxygen atoms in total. The van der Waals surface area contributed by atoms with Gasteiger partial charge in [-0.3, -0.25) is 9.98 Å². The van der Waals surface area contributed by atoms with Gasteiger partial charge >= 0.3 is 0 Å². The molecule has 24 heavy (non-hydrogen) atoms. The van der Waals surface area contributed by atoms with Gasteiger partial charge in [-0.25, -0.2) is 9.97 Å². The molecule has 3 rings (SSSR count). The second-order valence-electron chi connectivity index (χ2n) is 5.35. The largest absolute Gasteiger partial charge is 0.382 e. The van der Waals surface area contributed by atoms with Crippen LogP contribution in [0.2, 0.25) is 0 Å². The molecule has 8 heteroatoms. The van der Waals surface area contributed by atoms with Crippen molar-refractivity contribution < 1.29 is 0 Å². The van der Waals surface area contributed by atoms with Gasteiger partial charge in [0.1, 0.15) is 5.52 Å². The Labute approximate surface area is 138 Å². The van der Waals surface area contributed by atoms with Gasteiger partial charge in [-0.1, -0.05) is 0 Å². The zero-order valence-electron chi connectivity index (χ0n) is 13.3. The van der Waals surface area contributed by atoms with Crippen molar-refractivity contribution in [2.24, 2.45) is 7.05 Å². The molecule has 2 aromatic heterocycles. The first-order valence-electron chi connectivity index (χ1n) is 7.28. The molecule has 120 valence electrons. The van der Waals surface area contributed by atoms with E-state index in [9.17, 15) is 0 Å². The Morgan fingerprint density at radius 2 is 1.96 bits per heavy atom. The zero-order valence-corrected chi connectivity index (χ0v) is 13.3. The standard InChI is InChI=1S/C16H16N8/c1-9-12(8-20-11-5-3-10(7-17)4-6-11)22-13-14(18)23-16(19)24(2)15(13)21-9/h3-6,20H,8H2,1-2H3,(H3,18,19,23). The molecule has 0 saturated carbocycles. The zero-order chi connectivity index (χ0) is 17.3. The van der Waals surface area contributed by atoms with E-state index in [-0.39, 0.29) is 11.4 Å². The maximum Gasteiger partial charge on any atom is 0.225 e. The number of aryl methyl sites for hydroxylation is 2. The second-order valence-corrected chi connectivity index (χ2v) is 5.35. The number of nitrogens with one attached hydrogen (secondary N) is 2. The van der Waals surface area contributed by atoms with Gasteiger partial charge in [0.2, 0.25) is 5.62 Å². The molecule has 0 aliphatic heterocycles. The third-order valence-corrected chi connectivity index (χ3v) is 3.73. The maximum absolute atomic E-state index is 8.82. The second kappa shape index (κ2) is 5.96. The first kappa shape index (κ1) is 15.4. The fourth-order valence-electron chi connectivity index (χ4n) is 2.31. The lowest BCUT2D eigenvalue weighted by atomic mass is 10.2. The van der Waals surface area contributed by atoms with Gasteiger partial charge in [0.25, 0.3) is 0 Å². The van der Waals surface area contributed by atoms with Crippen molar-refractivity contribution in [3.63, 3.8) is 0 Å². The molecule has 0 spiro atoms. The minimum atomic E-state index is 0.0390. The SMILES string of the molecule is Cc1nc2c(nc1CNc1ccc(C#N)cc1)c(N)nc(=N)n2C. The molecular formula is C16H16N8. The Morgan fingerprint density at radius 1 is 1.25 bits per heavy atom. The predicted molar refractivity (Wildman–Crippen MR) is 89.8 cm³/mol. The fourth-order valence-corrected chi connectivity index (χ4v) is 2.31. The lowest BCUT2D eigenvalue weighted by Gasteiger charge is -2.12. The number of nitrogens with two attached hydrogens (primary N) is 1. The molecule has 1 aromatic carbocycles. The Kier molecular flexibility index (Phi) is 3.83. The van der Waals surface area contributed by atoms with Crippen molar-refractivity contribution in [1.29, 1.82) is 10.7 Å². The first-order chi connectivity index (χ1) is 11.5. The van der Waals surface area contributed by atoms with Gasteiger partial charge in [0.15, 0.2) is 11.5 Å². The third-order valence-electron chi connectivity index (χ3n) is 3.73. The Morgan fingerprint density at radius 3 is 2.62 bits per heavy atom. The molecule has 0 radical (unpaired) electrons. The number of hydrogen-bond acceptors (Lipinski definition) is 7. The van der Waals surface area contributed by atoms with E-state index in [4.69, 9.17) is 16.4 Å². The Bertz CT molecular complexity index is 1010. The van der Waals surface area contributed by atoms with E-state index in [1.807, 2.05) is 19.1 Å². The summed E-state index contributed by atoms with van der Waals surface area (Å²) in [6.07, 6.45) is 0.